The van der Waals surface area contributed by atoms with E-state index in [0.717, 1.165) is 41.4 Å². The van der Waals surface area contributed by atoms with Gasteiger partial charge in [-0.1, -0.05) is 30.3 Å². The zero-order valence-corrected chi connectivity index (χ0v) is 17.8. The van der Waals surface area contributed by atoms with Crippen LogP contribution in [0.15, 0.2) is 60.8 Å². The average Bonchev–Trinajstić information content (AvgIpc) is 2.80. The van der Waals surface area contributed by atoms with Crippen LogP contribution < -0.4 is 10.2 Å². The SMILES string of the molecule is Cc1ccc(Nc2ccc(N3CCN(C(=O)/C=C/c4ccccc4C)CC3)nn2)nc1. The van der Waals surface area contributed by atoms with E-state index in [0.29, 0.717) is 18.9 Å². The van der Waals surface area contributed by atoms with E-state index in [4.69, 9.17) is 0 Å². The molecule has 0 saturated carbocycles. The van der Waals surface area contributed by atoms with Crippen molar-refractivity contribution in [3.8, 4) is 0 Å². The van der Waals surface area contributed by atoms with Gasteiger partial charge in [0.1, 0.15) is 5.82 Å². The highest BCUT2D eigenvalue weighted by Gasteiger charge is 2.20. The number of hydrogen-bond acceptors (Lipinski definition) is 6. The Kier molecular flexibility index (Phi) is 6.21. The molecule has 1 fully saturated rings. The first-order valence-electron chi connectivity index (χ1n) is 10.4. The van der Waals surface area contributed by atoms with E-state index in [9.17, 15) is 4.79 Å². The van der Waals surface area contributed by atoms with E-state index in [1.807, 2.05) is 73.4 Å². The number of rotatable bonds is 5. The molecule has 0 aliphatic carbocycles. The average molecular weight is 415 g/mol. The molecular formula is C24H26N6O. The third-order valence-electron chi connectivity index (χ3n) is 5.33. The largest absolute Gasteiger partial charge is 0.352 e. The van der Waals surface area contributed by atoms with E-state index in [2.05, 4.69) is 25.4 Å². The maximum absolute atomic E-state index is 12.5. The van der Waals surface area contributed by atoms with Crippen molar-refractivity contribution >= 4 is 29.4 Å². The van der Waals surface area contributed by atoms with Crippen LogP contribution in [0.1, 0.15) is 16.7 Å². The predicted octanol–water partition coefficient (Wildman–Crippen LogP) is 3.59. The Hall–Kier alpha value is -3.74. The Morgan fingerprint density at radius 3 is 2.39 bits per heavy atom. The summed E-state index contributed by atoms with van der Waals surface area (Å²) in [7, 11) is 0. The lowest BCUT2D eigenvalue weighted by Gasteiger charge is -2.34. The summed E-state index contributed by atoms with van der Waals surface area (Å²) >= 11 is 0. The first kappa shape index (κ1) is 20.5. The number of aryl methyl sites for hydroxylation is 2. The van der Waals surface area contributed by atoms with Gasteiger partial charge in [0.25, 0.3) is 0 Å². The van der Waals surface area contributed by atoms with Crippen LogP contribution in [0.2, 0.25) is 0 Å². The molecule has 1 aliphatic heterocycles. The first-order valence-corrected chi connectivity index (χ1v) is 10.4. The van der Waals surface area contributed by atoms with Crippen molar-refractivity contribution in [1.29, 1.82) is 0 Å². The quantitative estimate of drug-likeness (QED) is 0.643. The van der Waals surface area contributed by atoms with Gasteiger partial charge < -0.3 is 15.1 Å². The Balaban J connectivity index is 1.30. The second-order valence-electron chi connectivity index (χ2n) is 7.62. The van der Waals surface area contributed by atoms with Crippen LogP contribution in [0.25, 0.3) is 6.08 Å². The maximum Gasteiger partial charge on any atom is 0.246 e. The first-order chi connectivity index (χ1) is 15.1. The van der Waals surface area contributed by atoms with Crippen LogP contribution in [0.4, 0.5) is 17.5 Å². The van der Waals surface area contributed by atoms with Gasteiger partial charge in [-0.15, -0.1) is 10.2 Å². The minimum Gasteiger partial charge on any atom is -0.352 e. The molecule has 1 aliphatic rings. The number of nitrogens with one attached hydrogen (secondary N) is 1. The lowest BCUT2D eigenvalue weighted by Crippen LogP contribution is -2.48. The molecule has 1 aromatic carbocycles. The van der Waals surface area contributed by atoms with E-state index in [1.54, 1.807) is 12.3 Å². The third-order valence-corrected chi connectivity index (χ3v) is 5.33. The number of piperazine rings is 1. The summed E-state index contributed by atoms with van der Waals surface area (Å²) in [4.78, 5) is 20.9. The normalized spacial score (nSPS) is 14.1. The fourth-order valence-corrected chi connectivity index (χ4v) is 3.43. The van der Waals surface area contributed by atoms with Crippen molar-refractivity contribution in [2.75, 3.05) is 36.4 Å². The van der Waals surface area contributed by atoms with Gasteiger partial charge in [0, 0.05) is 38.5 Å². The molecule has 0 unspecified atom stereocenters. The number of hydrogen-bond donors (Lipinski definition) is 1. The summed E-state index contributed by atoms with van der Waals surface area (Å²) < 4.78 is 0. The standard InChI is InChI=1S/C24H26N6O/c1-18-7-9-21(25-17-18)26-22-10-11-23(28-27-22)29-13-15-30(16-14-29)24(31)12-8-20-6-4-3-5-19(20)2/h3-12,17H,13-16H2,1-2H3,(H,25,26,27)/b12-8+. The van der Waals surface area contributed by atoms with E-state index < -0.39 is 0 Å². The summed E-state index contributed by atoms with van der Waals surface area (Å²) in [6.07, 6.45) is 5.36. The lowest BCUT2D eigenvalue weighted by molar-refractivity contribution is -0.126. The Bertz CT molecular complexity index is 1050. The molecule has 7 nitrogen and oxygen atoms in total. The number of amides is 1. The van der Waals surface area contributed by atoms with Gasteiger partial charge >= 0.3 is 0 Å². The maximum atomic E-state index is 12.5. The highest BCUT2D eigenvalue weighted by atomic mass is 16.2. The molecule has 158 valence electrons. The Labute approximate surface area is 182 Å². The van der Waals surface area contributed by atoms with Crippen molar-refractivity contribution in [1.82, 2.24) is 20.1 Å². The molecule has 31 heavy (non-hydrogen) atoms. The molecule has 1 amide bonds. The second kappa shape index (κ2) is 9.38. The highest BCUT2D eigenvalue weighted by Crippen LogP contribution is 2.17. The summed E-state index contributed by atoms with van der Waals surface area (Å²) in [5.41, 5.74) is 3.33. The molecule has 0 bridgehead atoms. The van der Waals surface area contributed by atoms with E-state index in [1.165, 1.54) is 0 Å². The molecule has 0 spiro atoms. The van der Waals surface area contributed by atoms with Crippen molar-refractivity contribution in [2.45, 2.75) is 13.8 Å². The van der Waals surface area contributed by atoms with Crippen molar-refractivity contribution in [2.24, 2.45) is 0 Å². The van der Waals surface area contributed by atoms with Crippen LogP contribution in [-0.2, 0) is 4.79 Å². The number of anilines is 3. The van der Waals surface area contributed by atoms with Gasteiger partial charge in [0.15, 0.2) is 11.6 Å². The molecule has 1 saturated heterocycles. The van der Waals surface area contributed by atoms with Gasteiger partial charge in [-0.3, -0.25) is 4.79 Å². The molecule has 2 aromatic heterocycles. The van der Waals surface area contributed by atoms with Crippen LogP contribution in [0, 0.1) is 13.8 Å². The smallest absolute Gasteiger partial charge is 0.246 e. The number of carbonyl (C=O) groups is 1. The fraction of sp³-hybridized carbons (Fsp3) is 0.250. The van der Waals surface area contributed by atoms with Gasteiger partial charge in [-0.25, -0.2) is 4.98 Å². The van der Waals surface area contributed by atoms with Crippen molar-refractivity contribution < 1.29 is 4.79 Å². The number of nitrogens with zero attached hydrogens (tertiary/aromatic N) is 5. The molecule has 0 atom stereocenters. The minimum absolute atomic E-state index is 0.0409. The molecule has 0 radical (unpaired) electrons. The fourth-order valence-electron chi connectivity index (χ4n) is 3.43. The van der Waals surface area contributed by atoms with Crippen molar-refractivity contribution in [3.05, 3.63) is 77.5 Å². The topological polar surface area (TPSA) is 74.2 Å². The lowest BCUT2D eigenvalue weighted by atomic mass is 10.1. The number of aromatic nitrogens is 3. The summed E-state index contributed by atoms with van der Waals surface area (Å²) in [5.74, 6) is 2.23. The van der Waals surface area contributed by atoms with Crippen LogP contribution >= 0.6 is 0 Å². The predicted molar refractivity (Wildman–Crippen MR) is 123 cm³/mol. The van der Waals surface area contributed by atoms with Crippen LogP contribution in [0.5, 0.6) is 0 Å². The molecule has 1 N–H and O–H groups in total. The molecule has 4 rings (SSSR count). The molecule has 3 aromatic rings. The third kappa shape index (κ3) is 5.25. The molecule has 3 heterocycles. The van der Waals surface area contributed by atoms with Gasteiger partial charge in [-0.05, 0) is 54.8 Å². The summed E-state index contributed by atoms with van der Waals surface area (Å²) in [5, 5.41) is 11.8. The monoisotopic (exact) mass is 414 g/mol. The second-order valence-corrected chi connectivity index (χ2v) is 7.62. The Morgan fingerprint density at radius 2 is 1.71 bits per heavy atom. The minimum atomic E-state index is 0.0409. The molecular weight excluding hydrogens is 388 g/mol. The number of benzene rings is 1. The zero-order chi connectivity index (χ0) is 21.6. The summed E-state index contributed by atoms with van der Waals surface area (Å²) in [6.45, 7) is 6.81. The Morgan fingerprint density at radius 1 is 0.935 bits per heavy atom. The summed E-state index contributed by atoms with van der Waals surface area (Å²) in [6, 6.07) is 15.8. The molecule has 7 heteroatoms. The van der Waals surface area contributed by atoms with Crippen LogP contribution in [-0.4, -0.2) is 52.2 Å². The highest BCUT2D eigenvalue weighted by molar-refractivity contribution is 5.92. The van der Waals surface area contributed by atoms with E-state index >= 15 is 0 Å². The number of carbonyl (C=O) groups excluding carboxylic acids is 1. The van der Waals surface area contributed by atoms with Crippen molar-refractivity contribution in [3.63, 3.8) is 0 Å². The number of pyridine rings is 1. The van der Waals surface area contributed by atoms with Gasteiger partial charge in [-0.2, -0.15) is 0 Å². The van der Waals surface area contributed by atoms with E-state index in [-0.39, 0.29) is 5.91 Å². The zero-order valence-electron chi connectivity index (χ0n) is 17.8. The van der Waals surface area contributed by atoms with Gasteiger partial charge in [0.05, 0.1) is 0 Å². The van der Waals surface area contributed by atoms with Gasteiger partial charge in [0.2, 0.25) is 5.91 Å². The van der Waals surface area contributed by atoms with Crippen LogP contribution in [0.3, 0.4) is 0 Å².